The van der Waals surface area contributed by atoms with Gasteiger partial charge in [0.15, 0.2) is 0 Å². The van der Waals surface area contributed by atoms with Crippen molar-refractivity contribution in [2.24, 2.45) is 16.9 Å². The normalized spacial score (nSPS) is 36.5. The first-order valence-electron chi connectivity index (χ1n) is 5.83. The van der Waals surface area contributed by atoms with Crippen LogP contribution < -0.4 is 11.5 Å². The minimum Gasteiger partial charge on any atom is -0.368 e. The van der Waals surface area contributed by atoms with E-state index in [1.807, 2.05) is 13.8 Å². The van der Waals surface area contributed by atoms with E-state index in [4.69, 9.17) is 11.5 Å². The summed E-state index contributed by atoms with van der Waals surface area (Å²) in [5.41, 5.74) is 11.0. The summed E-state index contributed by atoms with van der Waals surface area (Å²) in [6, 6.07) is -1.03. The van der Waals surface area contributed by atoms with E-state index in [9.17, 15) is 9.59 Å². The van der Waals surface area contributed by atoms with Gasteiger partial charge in [0.1, 0.15) is 6.04 Å². The molecule has 0 bridgehead atoms. The number of hydrogen-bond acceptors (Lipinski definition) is 4. The molecule has 0 radical (unpaired) electrons. The Labute approximate surface area is 105 Å². The van der Waals surface area contributed by atoms with Crippen LogP contribution in [0.25, 0.3) is 0 Å². The van der Waals surface area contributed by atoms with E-state index < -0.39 is 18.0 Å². The number of carbonyl (C=O) groups is 2. The maximum atomic E-state index is 12.2. The van der Waals surface area contributed by atoms with Gasteiger partial charge < -0.3 is 16.4 Å². The Morgan fingerprint density at radius 3 is 2.76 bits per heavy atom. The number of rotatable bonds is 1. The molecule has 0 aromatic heterocycles. The summed E-state index contributed by atoms with van der Waals surface area (Å²) in [6.45, 7) is 3.97. The summed E-state index contributed by atoms with van der Waals surface area (Å²) in [4.78, 5) is 25.5. The molecule has 2 fully saturated rings. The van der Waals surface area contributed by atoms with Crippen LogP contribution in [0.2, 0.25) is 0 Å². The highest BCUT2D eigenvalue weighted by Crippen LogP contribution is 2.45. The highest BCUT2D eigenvalue weighted by Gasteiger charge is 2.53. The molecule has 3 unspecified atom stereocenters. The van der Waals surface area contributed by atoms with Crippen LogP contribution in [0.5, 0.6) is 0 Å². The maximum Gasteiger partial charge on any atom is 0.241 e. The van der Waals surface area contributed by atoms with Gasteiger partial charge in [-0.2, -0.15) is 0 Å². The Kier molecular flexibility index (Phi) is 3.12. The molecular weight excluding hydrogens is 238 g/mol. The number of thioether (sulfide) groups is 1. The van der Waals surface area contributed by atoms with Crippen LogP contribution in [-0.2, 0) is 9.59 Å². The van der Waals surface area contributed by atoms with Crippen LogP contribution in [0.15, 0.2) is 0 Å². The SMILES string of the molecule is CC1(C)CC2SCCC(N)C(=O)N2C1C(N)=O. The lowest BCUT2D eigenvalue weighted by Crippen LogP contribution is -2.54. The van der Waals surface area contributed by atoms with Gasteiger partial charge in [0.2, 0.25) is 11.8 Å². The second-order valence-electron chi connectivity index (χ2n) is 5.46. The number of fused-ring (bicyclic) bond motifs is 1. The second kappa shape index (κ2) is 4.17. The minimum absolute atomic E-state index is 0.0450. The smallest absolute Gasteiger partial charge is 0.241 e. The predicted octanol–water partition coefficient (Wildman–Crippen LogP) is -0.111. The van der Waals surface area contributed by atoms with Crippen LogP contribution in [-0.4, -0.2) is 39.9 Å². The Morgan fingerprint density at radius 2 is 2.18 bits per heavy atom. The summed E-state index contributed by atoms with van der Waals surface area (Å²) in [7, 11) is 0. The molecule has 4 N–H and O–H groups in total. The average molecular weight is 257 g/mol. The zero-order valence-electron chi connectivity index (χ0n) is 10.2. The van der Waals surface area contributed by atoms with E-state index >= 15 is 0 Å². The summed E-state index contributed by atoms with van der Waals surface area (Å²) in [5, 5.41) is 0.0450. The third-order valence-corrected chi connectivity index (χ3v) is 4.86. The average Bonchev–Trinajstić information content (AvgIpc) is 2.40. The van der Waals surface area contributed by atoms with E-state index in [0.717, 1.165) is 12.2 Å². The molecule has 96 valence electrons. The van der Waals surface area contributed by atoms with Gasteiger partial charge >= 0.3 is 0 Å². The first kappa shape index (κ1) is 12.7. The number of nitrogens with zero attached hydrogens (tertiary/aromatic N) is 1. The molecule has 2 aliphatic rings. The van der Waals surface area contributed by atoms with E-state index in [-0.39, 0.29) is 16.7 Å². The van der Waals surface area contributed by atoms with Gasteiger partial charge in [0, 0.05) is 0 Å². The highest BCUT2D eigenvalue weighted by molar-refractivity contribution is 7.99. The lowest BCUT2D eigenvalue weighted by molar-refractivity contribution is -0.140. The zero-order chi connectivity index (χ0) is 12.8. The van der Waals surface area contributed by atoms with Crippen molar-refractivity contribution in [3.05, 3.63) is 0 Å². The minimum atomic E-state index is -0.531. The van der Waals surface area contributed by atoms with E-state index in [1.54, 1.807) is 16.7 Å². The van der Waals surface area contributed by atoms with E-state index in [0.29, 0.717) is 6.42 Å². The van der Waals surface area contributed by atoms with Crippen molar-refractivity contribution in [3.8, 4) is 0 Å². The highest BCUT2D eigenvalue weighted by atomic mass is 32.2. The van der Waals surface area contributed by atoms with Crippen LogP contribution in [0, 0.1) is 5.41 Å². The molecule has 0 aromatic rings. The third-order valence-electron chi connectivity index (χ3n) is 3.61. The monoisotopic (exact) mass is 257 g/mol. The fourth-order valence-electron chi connectivity index (χ4n) is 2.78. The Balaban J connectivity index is 2.37. The number of carbonyl (C=O) groups excluding carboxylic acids is 2. The van der Waals surface area contributed by atoms with Gasteiger partial charge in [0.25, 0.3) is 0 Å². The molecule has 0 spiro atoms. The van der Waals surface area contributed by atoms with E-state index in [1.165, 1.54) is 0 Å². The molecular formula is C11H19N3O2S. The van der Waals surface area contributed by atoms with Crippen molar-refractivity contribution < 1.29 is 9.59 Å². The Hall–Kier alpha value is -0.750. The quantitative estimate of drug-likeness (QED) is 0.686. The van der Waals surface area contributed by atoms with Crippen molar-refractivity contribution in [2.75, 3.05) is 5.75 Å². The number of amides is 2. The molecule has 2 heterocycles. The van der Waals surface area contributed by atoms with Gasteiger partial charge in [-0.25, -0.2) is 0 Å². The third kappa shape index (κ3) is 2.04. The summed E-state index contributed by atoms with van der Waals surface area (Å²) < 4.78 is 0. The predicted molar refractivity (Wildman–Crippen MR) is 67.1 cm³/mol. The fraction of sp³-hybridized carbons (Fsp3) is 0.818. The van der Waals surface area contributed by atoms with Crippen LogP contribution in [0.1, 0.15) is 26.7 Å². The van der Waals surface area contributed by atoms with Crippen molar-refractivity contribution in [2.45, 2.75) is 44.1 Å². The lowest BCUT2D eigenvalue weighted by atomic mass is 9.84. The van der Waals surface area contributed by atoms with Gasteiger partial charge in [-0.05, 0) is 24.0 Å². The van der Waals surface area contributed by atoms with Crippen molar-refractivity contribution in [3.63, 3.8) is 0 Å². The van der Waals surface area contributed by atoms with Gasteiger partial charge in [-0.1, -0.05) is 13.8 Å². The second-order valence-corrected chi connectivity index (χ2v) is 6.75. The standard InChI is InChI=1S/C11H19N3O2S/c1-11(2)5-7-14(8(11)9(13)15)10(16)6(12)3-4-17-7/h6-8H,3-5,12H2,1-2H3,(H2,13,15). The molecule has 2 rings (SSSR count). The van der Waals surface area contributed by atoms with Gasteiger partial charge in [0.05, 0.1) is 11.4 Å². The van der Waals surface area contributed by atoms with Crippen LogP contribution in [0.3, 0.4) is 0 Å². The number of hydrogen-bond donors (Lipinski definition) is 2. The molecule has 2 aliphatic heterocycles. The molecule has 0 aromatic carbocycles. The van der Waals surface area contributed by atoms with Crippen LogP contribution in [0.4, 0.5) is 0 Å². The maximum absolute atomic E-state index is 12.2. The molecule has 6 heteroatoms. The molecule has 0 saturated carbocycles. The first-order chi connectivity index (χ1) is 7.84. The van der Waals surface area contributed by atoms with Gasteiger partial charge in [-0.3, -0.25) is 9.59 Å². The molecule has 17 heavy (non-hydrogen) atoms. The van der Waals surface area contributed by atoms with Gasteiger partial charge in [-0.15, -0.1) is 11.8 Å². The zero-order valence-corrected chi connectivity index (χ0v) is 11.0. The van der Waals surface area contributed by atoms with Crippen molar-refractivity contribution in [1.29, 1.82) is 0 Å². The van der Waals surface area contributed by atoms with Crippen LogP contribution >= 0.6 is 11.8 Å². The Morgan fingerprint density at radius 1 is 1.53 bits per heavy atom. The Bertz CT molecular complexity index is 359. The topological polar surface area (TPSA) is 89.4 Å². The lowest BCUT2D eigenvalue weighted by Gasteiger charge is -2.31. The largest absolute Gasteiger partial charge is 0.368 e. The van der Waals surface area contributed by atoms with Crippen molar-refractivity contribution in [1.82, 2.24) is 4.90 Å². The summed E-state index contributed by atoms with van der Waals surface area (Å²) in [5.74, 6) is 0.297. The summed E-state index contributed by atoms with van der Waals surface area (Å²) in [6.07, 6.45) is 1.46. The molecule has 3 atom stereocenters. The molecule has 2 amide bonds. The fourth-order valence-corrected chi connectivity index (χ4v) is 4.38. The first-order valence-corrected chi connectivity index (χ1v) is 6.88. The number of primary amides is 1. The molecule has 0 aliphatic carbocycles. The molecule has 2 saturated heterocycles. The summed E-state index contributed by atoms with van der Waals surface area (Å²) >= 11 is 1.70. The van der Waals surface area contributed by atoms with Crippen molar-refractivity contribution >= 4 is 23.6 Å². The number of nitrogens with two attached hydrogens (primary N) is 2. The van der Waals surface area contributed by atoms with E-state index in [2.05, 4.69) is 0 Å². The molecule has 5 nitrogen and oxygen atoms in total.